The van der Waals surface area contributed by atoms with Crippen molar-refractivity contribution in [1.82, 2.24) is 9.80 Å². The van der Waals surface area contributed by atoms with Gasteiger partial charge < -0.3 is 9.64 Å². The summed E-state index contributed by atoms with van der Waals surface area (Å²) in [4.78, 5) is 17.1. The van der Waals surface area contributed by atoms with Crippen LogP contribution in [0.15, 0.2) is 18.2 Å². The van der Waals surface area contributed by atoms with Gasteiger partial charge in [0.25, 0.3) is 5.91 Å². The van der Waals surface area contributed by atoms with E-state index in [-0.39, 0.29) is 12.5 Å². The molecule has 2 aliphatic rings. The quantitative estimate of drug-likeness (QED) is 0.856. The summed E-state index contributed by atoms with van der Waals surface area (Å²) in [6.07, 6.45) is 4.94. The van der Waals surface area contributed by atoms with Crippen LogP contribution in [0.1, 0.15) is 36.8 Å². The minimum absolute atomic E-state index is 0.122. The van der Waals surface area contributed by atoms with Crippen LogP contribution in [-0.2, 0) is 4.79 Å². The van der Waals surface area contributed by atoms with Crippen LogP contribution in [0, 0.1) is 13.8 Å². The molecule has 126 valence electrons. The zero-order valence-corrected chi connectivity index (χ0v) is 14.4. The first kappa shape index (κ1) is 16.3. The lowest BCUT2D eigenvalue weighted by Gasteiger charge is -2.37. The van der Waals surface area contributed by atoms with Gasteiger partial charge in [0, 0.05) is 19.1 Å². The molecule has 23 heavy (non-hydrogen) atoms. The summed E-state index contributed by atoms with van der Waals surface area (Å²) < 4.78 is 5.84. The molecule has 0 spiro atoms. The molecular weight excluding hydrogens is 288 g/mol. The lowest BCUT2D eigenvalue weighted by Crippen LogP contribution is -2.50. The molecular formula is C19H28N2O2. The first-order chi connectivity index (χ1) is 11.1. The van der Waals surface area contributed by atoms with E-state index in [0.29, 0.717) is 6.04 Å². The molecule has 4 heteroatoms. The van der Waals surface area contributed by atoms with Crippen molar-refractivity contribution in [3.05, 3.63) is 29.3 Å². The van der Waals surface area contributed by atoms with Crippen LogP contribution in [-0.4, -0.2) is 54.5 Å². The van der Waals surface area contributed by atoms with Crippen molar-refractivity contribution >= 4 is 5.91 Å². The number of ether oxygens (including phenoxy) is 1. The zero-order valence-electron chi connectivity index (χ0n) is 14.4. The van der Waals surface area contributed by atoms with Crippen molar-refractivity contribution in [2.24, 2.45) is 0 Å². The highest BCUT2D eigenvalue weighted by Gasteiger charge is 2.29. The van der Waals surface area contributed by atoms with Gasteiger partial charge in [-0.3, -0.25) is 9.69 Å². The topological polar surface area (TPSA) is 32.8 Å². The largest absolute Gasteiger partial charge is 0.483 e. The van der Waals surface area contributed by atoms with Gasteiger partial charge in [-0.15, -0.1) is 0 Å². The Hall–Kier alpha value is -1.55. The molecule has 0 aliphatic carbocycles. The van der Waals surface area contributed by atoms with Gasteiger partial charge in [-0.25, -0.2) is 0 Å². The van der Waals surface area contributed by atoms with Crippen molar-refractivity contribution in [3.8, 4) is 5.75 Å². The van der Waals surface area contributed by atoms with Gasteiger partial charge in [0.1, 0.15) is 5.75 Å². The van der Waals surface area contributed by atoms with Gasteiger partial charge in [0.05, 0.1) is 0 Å². The third-order valence-electron chi connectivity index (χ3n) is 5.16. The molecule has 2 heterocycles. The van der Waals surface area contributed by atoms with Crippen LogP contribution in [0.5, 0.6) is 5.75 Å². The molecule has 0 bridgehead atoms. The molecule has 1 atom stereocenters. The van der Waals surface area contributed by atoms with Gasteiger partial charge in [0.2, 0.25) is 0 Å². The number of hydrogen-bond donors (Lipinski definition) is 0. The minimum Gasteiger partial charge on any atom is -0.483 e. The molecule has 0 aromatic heterocycles. The van der Waals surface area contributed by atoms with E-state index in [9.17, 15) is 4.79 Å². The Kier molecular flexibility index (Phi) is 5.21. The highest BCUT2D eigenvalue weighted by Crippen LogP contribution is 2.23. The first-order valence-corrected chi connectivity index (χ1v) is 8.86. The summed E-state index contributed by atoms with van der Waals surface area (Å²) >= 11 is 0. The highest BCUT2D eigenvalue weighted by atomic mass is 16.5. The summed E-state index contributed by atoms with van der Waals surface area (Å²) in [5, 5.41) is 0. The molecule has 1 unspecified atom stereocenters. The number of nitrogens with zero attached hydrogens (tertiary/aromatic N) is 2. The van der Waals surface area contributed by atoms with Gasteiger partial charge in [-0.05, 0) is 63.7 Å². The normalized spacial score (nSPS) is 22.3. The van der Waals surface area contributed by atoms with E-state index in [1.807, 2.05) is 36.9 Å². The van der Waals surface area contributed by atoms with E-state index in [1.165, 1.54) is 32.4 Å². The third kappa shape index (κ3) is 3.86. The Morgan fingerprint density at radius 1 is 1.13 bits per heavy atom. The summed E-state index contributed by atoms with van der Waals surface area (Å²) in [5.41, 5.74) is 2.18. The Morgan fingerprint density at radius 3 is 2.52 bits per heavy atom. The predicted octanol–water partition coefficient (Wildman–Crippen LogP) is 2.77. The molecule has 2 fully saturated rings. The van der Waals surface area contributed by atoms with E-state index in [1.54, 1.807) is 0 Å². The average molecular weight is 316 g/mol. The molecule has 1 aromatic carbocycles. The second-order valence-electron chi connectivity index (χ2n) is 6.89. The maximum Gasteiger partial charge on any atom is 0.260 e. The number of piperidine rings is 1. The first-order valence-electron chi connectivity index (χ1n) is 8.86. The summed E-state index contributed by atoms with van der Waals surface area (Å²) in [5.74, 6) is 0.977. The zero-order chi connectivity index (χ0) is 16.2. The van der Waals surface area contributed by atoms with E-state index >= 15 is 0 Å². The number of para-hydroxylation sites is 1. The number of amides is 1. The fourth-order valence-corrected chi connectivity index (χ4v) is 3.84. The van der Waals surface area contributed by atoms with Crippen molar-refractivity contribution in [1.29, 1.82) is 0 Å². The van der Waals surface area contributed by atoms with E-state index in [0.717, 1.165) is 36.4 Å². The molecule has 2 saturated heterocycles. The Morgan fingerprint density at radius 2 is 1.83 bits per heavy atom. The molecule has 4 nitrogen and oxygen atoms in total. The number of carbonyl (C=O) groups excluding carboxylic acids is 1. The Balaban J connectivity index is 1.55. The van der Waals surface area contributed by atoms with E-state index in [4.69, 9.17) is 4.74 Å². The van der Waals surface area contributed by atoms with Crippen LogP contribution >= 0.6 is 0 Å². The number of hydrogen-bond acceptors (Lipinski definition) is 3. The molecule has 0 N–H and O–H groups in total. The summed E-state index contributed by atoms with van der Waals surface area (Å²) in [7, 11) is 0. The van der Waals surface area contributed by atoms with Crippen LogP contribution in [0.4, 0.5) is 0 Å². The van der Waals surface area contributed by atoms with Crippen molar-refractivity contribution in [2.45, 2.75) is 45.6 Å². The number of carbonyl (C=O) groups is 1. The van der Waals surface area contributed by atoms with E-state index < -0.39 is 0 Å². The average Bonchev–Trinajstić information content (AvgIpc) is 3.09. The summed E-state index contributed by atoms with van der Waals surface area (Å²) in [6.45, 7) is 8.35. The minimum atomic E-state index is 0.122. The van der Waals surface area contributed by atoms with Crippen molar-refractivity contribution in [2.75, 3.05) is 32.8 Å². The second-order valence-corrected chi connectivity index (χ2v) is 6.89. The lowest BCUT2D eigenvalue weighted by molar-refractivity contribution is -0.135. The van der Waals surface area contributed by atoms with Crippen molar-refractivity contribution in [3.63, 3.8) is 0 Å². The van der Waals surface area contributed by atoms with E-state index in [2.05, 4.69) is 4.90 Å². The maximum absolute atomic E-state index is 12.5. The number of likely N-dealkylation sites (tertiary alicyclic amines) is 2. The van der Waals surface area contributed by atoms with Crippen LogP contribution in [0.25, 0.3) is 0 Å². The number of rotatable bonds is 4. The number of aryl methyl sites for hydroxylation is 2. The van der Waals surface area contributed by atoms with Crippen molar-refractivity contribution < 1.29 is 9.53 Å². The highest BCUT2D eigenvalue weighted by molar-refractivity contribution is 5.78. The SMILES string of the molecule is Cc1cccc(C)c1OCC(=O)N1CCCC(N2CCCC2)C1. The van der Waals surface area contributed by atoms with Gasteiger partial charge >= 0.3 is 0 Å². The fraction of sp³-hybridized carbons (Fsp3) is 0.632. The summed E-state index contributed by atoms with van der Waals surface area (Å²) in [6, 6.07) is 6.62. The van der Waals surface area contributed by atoms with Crippen LogP contribution in [0.3, 0.4) is 0 Å². The number of benzene rings is 1. The predicted molar refractivity (Wildman–Crippen MR) is 91.8 cm³/mol. The van der Waals surface area contributed by atoms with Crippen LogP contribution in [0.2, 0.25) is 0 Å². The smallest absolute Gasteiger partial charge is 0.260 e. The molecule has 1 amide bonds. The lowest BCUT2D eigenvalue weighted by atomic mass is 10.0. The monoisotopic (exact) mass is 316 g/mol. The molecule has 2 aliphatic heterocycles. The standard InChI is InChI=1S/C19H28N2O2/c1-15-7-5-8-16(2)19(15)23-14-18(22)21-12-6-9-17(13-21)20-10-3-4-11-20/h5,7-8,17H,3-4,6,9-14H2,1-2H3. The third-order valence-corrected chi connectivity index (χ3v) is 5.16. The van der Waals surface area contributed by atoms with Gasteiger partial charge in [0.15, 0.2) is 6.61 Å². The Bertz CT molecular complexity index is 532. The maximum atomic E-state index is 12.5. The van der Waals surface area contributed by atoms with Gasteiger partial charge in [-0.1, -0.05) is 18.2 Å². The molecule has 0 saturated carbocycles. The van der Waals surface area contributed by atoms with Gasteiger partial charge in [-0.2, -0.15) is 0 Å². The van der Waals surface area contributed by atoms with Crippen LogP contribution < -0.4 is 4.74 Å². The second kappa shape index (κ2) is 7.35. The molecule has 1 aromatic rings. The Labute approximate surface area is 139 Å². The molecule has 3 rings (SSSR count). The fourth-order valence-electron chi connectivity index (χ4n) is 3.84. The molecule has 0 radical (unpaired) electrons.